The van der Waals surface area contributed by atoms with Crippen LogP contribution in [0.25, 0.3) is 0 Å². The van der Waals surface area contributed by atoms with E-state index in [1.165, 1.54) is 0 Å². The molecule has 2 rings (SSSR count). The van der Waals surface area contributed by atoms with E-state index in [4.69, 9.17) is 16.3 Å². The molecule has 0 unspecified atom stereocenters. The van der Waals surface area contributed by atoms with E-state index in [1.807, 2.05) is 30.3 Å². The summed E-state index contributed by atoms with van der Waals surface area (Å²) in [5.74, 6) is -0.0504. The number of carbonyl (C=O) groups is 2. The lowest BCUT2D eigenvalue weighted by Crippen LogP contribution is -2.35. The fraction of sp³-hybridized carbons (Fsp3) is 0.467. The molecule has 0 atom stereocenters. The van der Waals surface area contributed by atoms with Crippen LogP contribution < -0.4 is 0 Å². The first-order chi connectivity index (χ1) is 9.70. The maximum atomic E-state index is 12.1. The summed E-state index contributed by atoms with van der Waals surface area (Å²) in [5.41, 5.74) is 0.952. The number of nitrogens with zero attached hydrogens (tertiary/aromatic N) is 1. The van der Waals surface area contributed by atoms with Crippen LogP contribution in [-0.2, 0) is 16.1 Å². The summed E-state index contributed by atoms with van der Waals surface area (Å²) in [7, 11) is 0. The molecule has 20 heavy (non-hydrogen) atoms. The van der Waals surface area contributed by atoms with E-state index in [0.29, 0.717) is 13.0 Å². The Kier molecular flexibility index (Phi) is 5.41. The van der Waals surface area contributed by atoms with Gasteiger partial charge in [0, 0.05) is 19.0 Å². The quantitative estimate of drug-likeness (QED) is 0.727. The Balaban J connectivity index is 1.82. The molecule has 0 N–H and O–H groups in total. The van der Waals surface area contributed by atoms with Crippen molar-refractivity contribution >= 4 is 23.5 Å². The van der Waals surface area contributed by atoms with Gasteiger partial charge in [-0.25, -0.2) is 4.79 Å². The third kappa shape index (κ3) is 4.53. The Morgan fingerprint density at radius 2 is 1.95 bits per heavy atom. The summed E-state index contributed by atoms with van der Waals surface area (Å²) >= 11 is 5.47. The van der Waals surface area contributed by atoms with Crippen LogP contribution in [0.1, 0.15) is 24.8 Å². The van der Waals surface area contributed by atoms with Gasteiger partial charge in [-0.05, 0) is 18.4 Å². The van der Waals surface area contributed by atoms with Crippen molar-refractivity contribution in [3.05, 3.63) is 35.9 Å². The minimum absolute atomic E-state index is 0.00241. The van der Waals surface area contributed by atoms with Crippen molar-refractivity contribution in [2.24, 2.45) is 0 Å². The summed E-state index contributed by atoms with van der Waals surface area (Å²) in [6.45, 7) is 0.649. The first-order valence-electron chi connectivity index (χ1n) is 6.75. The standard InChI is InChI=1S/C15H18ClNO3/c16-10-14(18)8-9-17(13-6-7-13)15(19)20-11-12-4-2-1-3-5-12/h1-5,13H,6-11H2. The largest absolute Gasteiger partial charge is 0.445 e. The number of hydrogen-bond donors (Lipinski definition) is 0. The average molecular weight is 296 g/mol. The number of alkyl halides is 1. The molecule has 1 aliphatic carbocycles. The van der Waals surface area contributed by atoms with Crippen LogP contribution in [0.4, 0.5) is 4.79 Å². The van der Waals surface area contributed by atoms with Gasteiger partial charge in [-0.15, -0.1) is 11.6 Å². The molecule has 0 spiro atoms. The predicted octanol–water partition coefficient (Wildman–Crippen LogP) is 2.99. The molecular formula is C15H18ClNO3. The molecule has 1 saturated carbocycles. The van der Waals surface area contributed by atoms with Crippen molar-refractivity contribution in [2.75, 3.05) is 12.4 Å². The second-order valence-corrected chi connectivity index (χ2v) is 5.15. The highest BCUT2D eigenvalue weighted by Crippen LogP contribution is 2.27. The smallest absolute Gasteiger partial charge is 0.410 e. The maximum absolute atomic E-state index is 12.1. The average Bonchev–Trinajstić information content (AvgIpc) is 3.31. The molecule has 1 amide bonds. The van der Waals surface area contributed by atoms with Crippen LogP contribution in [0.5, 0.6) is 0 Å². The molecule has 5 heteroatoms. The molecule has 0 saturated heterocycles. The van der Waals surface area contributed by atoms with Crippen molar-refractivity contribution in [3.63, 3.8) is 0 Å². The van der Waals surface area contributed by atoms with Crippen molar-refractivity contribution in [2.45, 2.75) is 31.9 Å². The van der Waals surface area contributed by atoms with E-state index in [1.54, 1.807) is 4.90 Å². The Labute approximate surface area is 123 Å². The molecule has 0 aromatic heterocycles. The van der Waals surface area contributed by atoms with E-state index < -0.39 is 0 Å². The summed E-state index contributed by atoms with van der Waals surface area (Å²) in [5, 5.41) is 0. The van der Waals surface area contributed by atoms with Gasteiger partial charge in [0.05, 0.1) is 5.88 Å². The first kappa shape index (κ1) is 14.9. The van der Waals surface area contributed by atoms with E-state index in [2.05, 4.69) is 0 Å². The lowest BCUT2D eigenvalue weighted by atomic mass is 10.2. The van der Waals surface area contributed by atoms with Gasteiger partial charge in [0.15, 0.2) is 0 Å². The van der Waals surface area contributed by atoms with Gasteiger partial charge in [-0.2, -0.15) is 0 Å². The zero-order valence-corrected chi connectivity index (χ0v) is 12.0. The summed E-state index contributed by atoms with van der Waals surface area (Å²) in [4.78, 5) is 25.0. The maximum Gasteiger partial charge on any atom is 0.410 e. The zero-order chi connectivity index (χ0) is 14.4. The highest BCUT2D eigenvalue weighted by atomic mass is 35.5. The van der Waals surface area contributed by atoms with Crippen LogP contribution >= 0.6 is 11.6 Å². The Hall–Kier alpha value is -1.55. The van der Waals surface area contributed by atoms with Gasteiger partial charge < -0.3 is 9.64 Å². The monoisotopic (exact) mass is 295 g/mol. The molecule has 1 fully saturated rings. The van der Waals surface area contributed by atoms with Crippen LogP contribution in [0.15, 0.2) is 30.3 Å². The summed E-state index contributed by atoms with van der Waals surface area (Å²) in [6, 6.07) is 9.76. The molecule has 0 aliphatic heterocycles. The second kappa shape index (κ2) is 7.29. The Morgan fingerprint density at radius 1 is 1.25 bits per heavy atom. The van der Waals surface area contributed by atoms with Gasteiger partial charge in [0.1, 0.15) is 12.4 Å². The lowest BCUT2D eigenvalue weighted by Gasteiger charge is -2.21. The second-order valence-electron chi connectivity index (χ2n) is 4.89. The normalized spacial score (nSPS) is 13.8. The lowest BCUT2D eigenvalue weighted by molar-refractivity contribution is -0.116. The van der Waals surface area contributed by atoms with Gasteiger partial charge >= 0.3 is 6.09 Å². The minimum atomic E-state index is -0.348. The molecule has 0 heterocycles. The fourth-order valence-electron chi connectivity index (χ4n) is 1.92. The SMILES string of the molecule is O=C(CCl)CCN(C(=O)OCc1ccccc1)C1CC1. The topological polar surface area (TPSA) is 46.6 Å². The number of amides is 1. The highest BCUT2D eigenvalue weighted by molar-refractivity contribution is 6.27. The number of halogens is 1. The van der Waals surface area contributed by atoms with Crippen molar-refractivity contribution in [3.8, 4) is 0 Å². The van der Waals surface area contributed by atoms with Gasteiger partial charge in [0.2, 0.25) is 0 Å². The van der Waals surface area contributed by atoms with Gasteiger partial charge in [-0.1, -0.05) is 30.3 Å². The molecule has 0 radical (unpaired) electrons. The summed E-state index contributed by atoms with van der Waals surface area (Å²) < 4.78 is 5.30. The molecule has 1 aliphatic rings. The Bertz CT molecular complexity index is 459. The Morgan fingerprint density at radius 3 is 2.55 bits per heavy atom. The van der Waals surface area contributed by atoms with Crippen LogP contribution in [0, 0.1) is 0 Å². The number of hydrogen-bond acceptors (Lipinski definition) is 3. The van der Waals surface area contributed by atoms with Crippen LogP contribution in [0.3, 0.4) is 0 Å². The van der Waals surface area contributed by atoms with E-state index >= 15 is 0 Å². The molecular weight excluding hydrogens is 278 g/mol. The molecule has 1 aromatic rings. The predicted molar refractivity (Wildman–Crippen MR) is 76.7 cm³/mol. The highest BCUT2D eigenvalue weighted by Gasteiger charge is 2.33. The number of rotatable bonds is 7. The number of Topliss-reactive ketones (excluding diaryl/α,β-unsaturated/α-hetero) is 1. The number of carbonyl (C=O) groups excluding carboxylic acids is 2. The number of ketones is 1. The molecule has 108 valence electrons. The summed E-state index contributed by atoms with van der Waals surface area (Å²) in [6.07, 6.45) is 1.91. The van der Waals surface area contributed by atoms with Gasteiger partial charge in [0.25, 0.3) is 0 Å². The van der Waals surface area contributed by atoms with E-state index in [9.17, 15) is 9.59 Å². The molecule has 0 bridgehead atoms. The zero-order valence-electron chi connectivity index (χ0n) is 11.3. The van der Waals surface area contributed by atoms with E-state index in [-0.39, 0.29) is 30.4 Å². The van der Waals surface area contributed by atoms with E-state index in [0.717, 1.165) is 18.4 Å². The molecule has 4 nitrogen and oxygen atoms in total. The minimum Gasteiger partial charge on any atom is -0.445 e. The van der Waals surface area contributed by atoms with Crippen molar-refractivity contribution in [1.82, 2.24) is 4.90 Å². The third-order valence-electron chi connectivity index (χ3n) is 3.21. The van der Waals surface area contributed by atoms with Crippen molar-refractivity contribution in [1.29, 1.82) is 0 Å². The van der Waals surface area contributed by atoms with Crippen molar-refractivity contribution < 1.29 is 14.3 Å². The fourth-order valence-corrected chi connectivity index (χ4v) is 2.06. The molecule has 1 aromatic carbocycles. The third-order valence-corrected chi connectivity index (χ3v) is 3.51. The number of benzene rings is 1. The number of ether oxygens (including phenoxy) is 1. The van der Waals surface area contributed by atoms with Crippen LogP contribution in [0.2, 0.25) is 0 Å². The first-order valence-corrected chi connectivity index (χ1v) is 7.29. The van der Waals surface area contributed by atoms with Crippen LogP contribution in [-0.4, -0.2) is 35.2 Å². The van der Waals surface area contributed by atoms with Gasteiger partial charge in [-0.3, -0.25) is 4.79 Å².